The van der Waals surface area contributed by atoms with Gasteiger partial charge in [-0.15, -0.1) is 0 Å². The molecule has 1 heterocycles. The van der Waals surface area contributed by atoms with Crippen molar-refractivity contribution in [2.45, 2.75) is 39.5 Å². The van der Waals surface area contributed by atoms with E-state index >= 15 is 0 Å². The predicted octanol–water partition coefficient (Wildman–Crippen LogP) is 2.77. The van der Waals surface area contributed by atoms with Crippen LogP contribution in [0.5, 0.6) is 0 Å². The van der Waals surface area contributed by atoms with Crippen LogP contribution < -0.4 is 0 Å². The molecule has 2 unspecified atom stereocenters. The number of carbonyl (C=O) groups is 1. The zero-order valence-electron chi connectivity index (χ0n) is 9.95. The average Bonchev–Trinajstić information content (AvgIpc) is 2.15. The molecule has 0 spiro atoms. The minimum absolute atomic E-state index is 0.347. The Morgan fingerprint density at radius 2 is 2.19 bits per heavy atom. The van der Waals surface area contributed by atoms with Gasteiger partial charge in [0, 0.05) is 5.69 Å². The molecule has 3 heteroatoms. The van der Waals surface area contributed by atoms with Gasteiger partial charge in [0.15, 0.2) is 0 Å². The molecule has 0 saturated carbocycles. The van der Waals surface area contributed by atoms with E-state index in [1.54, 1.807) is 6.92 Å². The Bertz CT molecular complexity index is 440. The second kappa shape index (κ2) is 3.89. The van der Waals surface area contributed by atoms with Crippen LogP contribution in [-0.2, 0) is 6.42 Å². The summed E-state index contributed by atoms with van der Waals surface area (Å²) in [5, 5.41) is 9.07. The number of nitrogens with zero attached hydrogens (tertiary/aromatic N) is 1. The zero-order chi connectivity index (χ0) is 11.9. The molecule has 16 heavy (non-hydrogen) atoms. The lowest BCUT2D eigenvalue weighted by Crippen LogP contribution is -2.18. The van der Waals surface area contributed by atoms with Gasteiger partial charge in [0.25, 0.3) is 0 Å². The third-order valence-electron chi connectivity index (χ3n) is 3.38. The van der Waals surface area contributed by atoms with Crippen LogP contribution in [0.15, 0.2) is 6.07 Å². The van der Waals surface area contributed by atoms with E-state index in [1.807, 2.05) is 6.07 Å². The fourth-order valence-corrected chi connectivity index (χ4v) is 2.62. The van der Waals surface area contributed by atoms with Gasteiger partial charge in [-0.25, -0.2) is 4.79 Å². The predicted molar refractivity (Wildman–Crippen MR) is 61.8 cm³/mol. The van der Waals surface area contributed by atoms with Crippen LogP contribution in [0.4, 0.5) is 0 Å². The maximum Gasteiger partial charge on any atom is 0.337 e. The number of aromatic carboxylic acids is 1. The van der Waals surface area contributed by atoms with Crippen molar-refractivity contribution in [3.63, 3.8) is 0 Å². The Morgan fingerprint density at radius 1 is 1.50 bits per heavy atom. The van der Waals surface area contributed by atoms with Crippen molar-refractivity contribution in [2.24, 2.45) is 5.92 Å². The van der Waals surface area contributed by atoms with E-state index in [2.05, 4.69) is 18.8 Å². The van der Waals surface area contributed by atoms with Crippen LogP contribution in [0, 0.1) is 12.8 Å². The van der Waals surface area contributed by atoms with Crippen molar-refractivity contribution in [3.05, 3.63) is 28.6 Å². The molecule has 0 radical (unpaired) electrons. The first-order valence-electron chi connectivity index (χ1n) is 5.72. The number of rotatable bonds is 1. The molecular weight excluding hydrogens is 202 g/mol. The molecule has 0 aromatic carbocycles. The molecule has 0 aliphatic heterocycles. The standard InChI is InChI=1S/C13H17NO2/c1-7-4-8(2)10-6-11(13(15)16)9(3)14-12(10)5-7/h6-8H,4-5H2,1-3H3,(H,15,16). The van der Waals surface area contributed by atoms with Crippen LogP contribution in [0.3, 0.4) is 0 Å². The van der Waals surface area contributed by atoms with Gasteiger partial charge in [-0.2, -0.15) is 0 Å². The van der Waals surface area contributed by atoms with Crippen LogP contribution in [0.2, 0.25) is 0 Å². The number of hydrogen-bond acceptors (Lipinski definition) is 2. The number of aromatic nitrogens is 1. The molecule has 2 rings (SSSR count). The van der Waals surface area contributed by atoms with E-state index in [0.29, 0.717) is 23.1 Å². The maximum atomic E-state index is 11.0. The molecule has 86 valence electrons. The van der Waals surface area contributed by atoms with E-state index in [-0.39, 0.29) is 0 Å². The second-order valence-corrected chi connectivity index (χ2v) is 4.91. The lowest BCUT2D eigenvalue weighted by molar-refractivity contribution is 0.0695. The molecule has 1 aromatic heterocycles. The first-order chi connectivity index (χ1) is 7.49. The van der Waals surface area contributed by atoms with E-state index in [0.717, 1.165) is 24.1 Å². The van der Waals surface area contributed by atoms with Gasteiger partial charge >= 0.3 is 5.97 Å². The highest BCUT2D eigenvalue weighted by Gasteiger charge is 2.24. The summed E-state index contributed by atoms with van der Waals surface area (Å²) < 4.78 is 0. The van der Waals surface area contributed by atoms with Crippen LogP contribution >= 0.6 is 0 Å². The molecule has 1 aliphatic rings. The molecule has 2 atom stereocenters. The van der Waals surface area contributed by atoms with Gasteiger partial charge in [-0.05, 0) is 43.2 Å². The summed E-state index contributed by atoms with van der Waals surface area (Å²) in [5.74, 6) is 0.189. The molecule has 1 aliphatic carbocycles. The Kier molecular flexibility index (Phi) is 2.70. The van der Waals surface area contributed by atoms with Gasteiger partial charge in [0.1, 0.15) is 0 Å². The summed E-state index contributed by atoms with van der Waals surface area (Å²) >= 11 is 0. The minimum Gasteiger partial charge on any atom is -0.478 e. The largest absolute Gasteiger partial charge is 0.478 e. The van der Waals surface area contributed by atoms with Gasteiger partial charge < -0.3 is 5.11 Å². The highest BCUT2D eigenvalue weighted by Crippen LogP contribution is 2.34. The lowest BCUT2D eigenvalue weighted by Gasteiger charge is -2.27. The first kappa shape index (κ1) is 11.1. The summed E-state index contributed by atoms with van der Waals surface area (Å²) in [6.07, 6.45) is 2.09. The summed E-state index contributed by atoms with van der Waals surface area (Å²) in [5.41, 5.74) is 3.20. The van der Waals surface area contributed by atoms with Crippen molar-refractivity contribution in [3.8, 4) is 0 Å². The van der Waals surface area contributed by atoms with Crippen LogP contribution in [0.25, 0.3) is 0 Å². The first-order valence-corrected chi connectivity index (χ1v) is 5.72. The Labute approximate surface area is 95.5 Å². The van der Waals surface area contributed by atoms with Gasteiger partial charge in [-0.3, -0.25) is 4.98 Å². The molecule has 3 nitrogen and oxygen atoms in total. The van der Waals surface area contributed by atoms with Crippen molar-refractivity contribution in [2.75, 3.05) is 0 Å². The maximum absolute atomic E-state index is 11.0. The number of carboxylic acids is 1. The quantitative estimate of drug-likeness (QED) is 0.790. The summed E-state index contributed by atoms with van der Waals surface area (Å²) in [6, 6.07) is 1.82. The Balaban J connectivity index is 2.53. The molecular formula is C13H17NO2. The topological polar surface area (TPSA) is 50.2 Å². The van der Waals surface area contributed by atoms with E-state index < -0.39 is 5.97 Å². The van der Waals surface area contributed by atoms with Crippen LogP contribution in [0.1, 0.15) is 53.5 Å². The third-order valence-corrected chi connectivity index (χ3v) is 3.38. The molecule has 0 amide bonds. The van der Waals surface area contributed by atoms with E-state index in [1.165, 1.54) is 0 Å². The fourth-order valence-electron chi connectivity index (χ4n) is 2.62. The van der Waals surface area contributed by atoms with Gasteiger partial charge in [-0.1, -0.05) is 13.8 Å². The lowest BCUT2D eigenvalue weighted by atomic mass is 9.80. The summed E-state index contributed by atoms with van der Waals surface area (Å²) in [7, 11) is 0. The van der Waals surface area contributed by atoms with Crippen molar-refractivity contribution < 1.29 is 9.90 Å². The van der Waals surface area contributed by atoms with Gasteiger partial charge in [0.2, 0.25) is 0 Å². The van der Waals surface area contributed by atoms with Crippen molar-refractivity contribution in [1.82, 2.24) is 4.98 Å². The minimum atomic E-state index is -0.876. The van der Waals surface area contributed by atoms with E-state index in [9.17, 15) is 4.79 Å². The highest BCUT2D eigenvalue weighted by molar-refractivity contribution is 5.89. The molecule has 0 saturated heterocycles. The SMILES string of the molecule is Cc1nc2c(cc1C(=O)O)C(C)CC(C)C2. The average molecular weight is 219 g/mol. The number of aryl methyl sites for hydroxylation is 1. The summed E-state index contributed by atoms with van der Waals surface area (Å²) in [6.45, 7) is 6.15. The molecule has 1 aromatic rings. The Morgan fingerprint density at radius 3 is 2.81 bits per heavy atom. The van der Waals surface area contributed by atoms with Crippen molar-refractivity contribution >= 4 is 5.97 Å². The number of fused-ring (bicyclic) bond motifs is 1. The van der Waals surface area contributed by atoms with Crippen LogP contribution in [-0.4, -0.2) is 16.1 Å². The summed E-state index contributed by atoms with van der Waals surface area (Å²) in [4.78, 5) is 15.5. The zero-order valence-corrected chi connectivity index (χ0v) is 9.95. The van der Waals surface area contributed by atoms with E-state index in [4.69, 9.17) is 5.11 Å². The fraction of sp³-hybridized carbons (Fsp3) is 0.538. The molecule has 0 fully saturated rings. The normalized spacial score (nSPS) is 23.9. The van der Waals surface area contributed by atoms with Crippen molar-refractivity contribution in [1.29, 1.82) is 0 Å². The molecule has 1 N–H and O–H groups in total. The number of carboxylic acid groups (broad SMARTS) is 1. The van der Waals surface area contributed by atoms with Gasteiger partial charge in [0.05, 0.1) is 11.3 Å². The number of hydrogen-bond donors (Lipinski definition) is 1. The Hall–Kier alpha value is -1.38. The monoisotopic (exact) mass is 219 g/mol. The second-order valence-electron chi connectivity index (χ2n) is 4.91. The smallest absolute Gasteiger partial charge is 0.337 e. The highest BCUT2D eigenvalue weighted by atomic mass is 16.4. The number of pyridine rings is 1. The third kappa shape index (κ3) is 1.82. The molecule has 0 bridgehead atoms.